The number of hydrogen-bond acceptors (Lipinski definition) is 3. The van der Waals surface area contributed by atoms with Gasteiger partial charge in [-0.2, -0.15) is 0 Å². The van der Waals surface area contributed by atoms with Crippen LogP contribution in [-0.4, -0.2) is 24.1 Å². The van der Waals surface area contributed by atoms with Crippen LogP contribution < -0.4 is 0 Å². The molecule has 0 amide bonds. The second-order valence-electron chi connectivity index (χ2n) is 19.1. The Hall–Kier alpha value is -9.71. The van der Waals surface area contributed by atoms with E-state index in [-0.39, 0.29) is 5.92 Å². The lowest BCUT2D eigenvalue weighted by Crippen LogP contribution is -2.09. The molecular weight excluding hydrogens is 899 g/mol. The highest BCUT2D eigenvalue weighted by Gasteiger charge is 2.28. The van der Waals surface area contributed by atoms with Gasteiger partial charge in [-0.3, -0.25) is 0 Å². The Morgan fingerprint density at radius 3 is 1.35 bits per heavy atom. The van der Waals surface area contributed by atoms with Gasteiger partial charge in [-0.25, -0.2) is 15.0 Å². The van der Waals surface area contributed by atoms with Gasteiger partial charge in [0.2, 0.25) is 0 Å². The van der Waals surface area contributed by atoms with E-state index in [0.29, 0.717) is 17.5 Å². The summed E-state index contributed by atoms with van der Waals surface area (Å²) in [4.78, 5) is 15.8. The topological polar surface area (TPSA) is 48.5 Å². The van der Waals surface area contributed by atoms with Crippen molar-refractivity contribution in [1.29, 1.82) is 0 Å². The van der Waals surface area contributed by atoms with Gasteiger partial charge in [0.15, 0.2) is 17.5 Å². The summed E-state index contributed by atoms with van der Waals surface area (Å²) in [5.41, 5.74) is 17.8. The van der Waals surface area contributed by atoms with E-state index in [0.717, 1.165) is 62.2 Å². The molecule has 5 heteroatoms. The second-order valence-corrected chi connectivity index (χ2v) is 19.1. The Morgan fingerprint density at radius 1 is 0.351 bits per heavy atom. The summed E-state index contributed by atoms with van der Waals surface area (Å²) in [5.74, 6) is 1.88. The summed E-state index contributed by atoms with van der Waals surface area (Å²) >= 11 is 0. The number of benzene rings is 10. The lowest BCUT2D eigenvalue weighted by atomic mass is 9.84. The molecule has 3 aromatic heterocycles. The molecule has 0 radical (unpaired) electrons. The monoisotopic (exact) mass is 945 g/mol. The zero-order valence-corrected chi connectivity index (χ0v) is 40.4. The van der Waals surface area contributed by atoms with E-state index in [9.17, 15) is 0 Å². The highest BCUT2D eigenvalue weighted by Crippen LogP contribution is 2.48. The fourth-order valence-electron chi connectivity index (χ4n) is 11.3. The van der Waals surface area contributed by atoms with Crippen molar-refractivity contribution in [2.75, 3.05) is 0 Å². The molecule has 0 saturated carbocycles. The van der Waals surface area contributed by atoms with Gasteiger partial charge in [0.1, 0.15) is 0 Å². The van der Waals surface area contributed by atoms with Gasteiger partial charge < -0.3 is 9.13 Å². The van der Waals surface area contributed by atoms with Crippen LogP contribution in [0.1, 0.15) is 23.5 Å². The number of allylic oxidation sites excluding steroid dienone is 4. The van der Waals surface area contributed by atoms with Gasteiger partial charge in [0.05, 0.1) is 27.8 Å². The van der Waals surface area contributed by atoms with E-state index in [1.54, 1.807) is 0 Å². The van der Waals surface area contributed by atoms with Crippen LogP contribution in [0.2, 0.25) is 0 Å². The number of hydrogen-bond donors (Lipinski definition) is 0. The van der Waals surface area contributed by atoms with Crippen LogP contribution in [0.15, 0.2) is 267 Å². The van der Waals surface area contributed by atoms with Gasteiger partial charge in [-0.1, -0.05) is 218 Å². The van der Waals surface area contributed by atoms with E-state index >= 15 is 0 Å². The Morgan fingerprint density at radius 2 is 0.797 bits per heavy atom. The predicted octanol–water partition coefficient (Wildman–Crippen LogP) is 17.5. The molecule has 348 valence electrons. The molecule has 0 unspecified atom stereocenters. The molecule has 0 aliphatic heterocycles. The molecule has 0 bridgehead atoms. The molecule has 14 rings (SSSR count). The number of rotatable bonds is 9. The highest BCUT2D eigenvalue weighted by molar-refractivity contribution is 6.29. The highest BCUT2D eigenvalue weighted by atomic mass is 15.0. The van der Waals surface area contributed by atoms with E-state index < -0.39 is 0 Å². The second kappa shape index (κ2) is 18.2. The third-order valence-electron chi connectivity index (χ3n) is 14.7. The third-order valence-corrected chi connectivity index (χ3v) is 14.7. The fourth-order valence-corrected chi connectivity index (χ4v) is 11.3. The van der Waals surface area contributed by atoms with Crippen molar-refractivity contribution in [2.24, 2.45) is 0 Å². The summed E-state index contributed by atoms with van der Waals surface area (Å²) in [6.07, 6.45) is 7.93. The molecule has 13 aromatic rings. The van der Waals surface area contributed by atoms with Gasteiger partial charge in [0, 0.05) is 55.4 Å². The largest absolute Gasteiger partial charge is 0.309 e. The zero-order valence-electron chi connectivity index (χ0n) is 40.4. The molecular formula is C69H47N5. The standard InChI is InChI=1S/C69H47N5/c1-6-20-46(21-7-1)48-34-38-50(39-35-48)58-44-54(69-71-67(52-24-10-3-11-25-52)70-68(72-69)53-26-12-4-13-27-53)45-59(51-40-36-49(37-41-51)47-22-8-2-9-23-47)66(58)74-61-33-19-17-31-57(61)65-63(74)43-42-62-64(65)56-30-16-18-32-60(56)73(62)55-28-14-5-15-29-55/h1-40,42-45,51H,41H2/t51-/m1/s1. The lowest BCUT2D eigenvalue weighted by molar-refractivity contribution is 0.846. The van der Waals surface area contributed by atoms with E-state index in [2.05, 4.69) is 240 Å². The first kappa shape index (κ1) is 43.1. The zero-order chi connectivity index (χ0) is 49.0. The van der Waals surface area contributed by atoms with Crippen molar-refractivity contribution < 1.29 is 0 Å². The van der Waals surface area contributed by atoms with Gasteiger partial charge in [-0.15, -0.1) is 0 Å². The van der Waals surface area contributed by atoms with Crippen molar-refractivity contribution in [1.82, 2.24) is 24.1 Å². The minimum Gasteiger partial charge on any atom is -0.309 e. The molecule has 5 nitrogen and oxygen atoms in total. The summed E-state index contributed by atoms with van der Waals surface area (Å²) in [6, 6.07) is 88.9. The molecule has 1 aliphatic carbocycles. The van der Waals surface area contributed by atoms with Gasteiger partial charge in [0.25, 0.3) is 0 Å². The van der Waals surface area contributed by atoms with Crippen LogP contribution in [0.5, 0.6) is 0 Å². The van der Waals surface area contributed by atoms with E-state index in [1.165, 1.54) is 54.8 Å². The Balaban J connectivity index is 1.09. The molecule has 0 spiro atoms. The molecule has 0 N–H and O–H groups in total. The third kappa shape index (κ3) is 7.44. The molecule has 74 heavy (non-hydrogen) atoms. The first-order valence-corrected chi connectivity index (χ1v) is 25.4. The molecule has 0 saturated heterocycles. The number of aromatic nitrogens is 5. The predicted molar refractivity (Wildman–Crippen MR) is 307 cm³/mol. The van der Waals surface area contributed by atoms with Crippen molar-refractivity contribution in [2.45, 2.75) is 12.3 Å². The minimum atomic E-state index is 0.00344. The summed E-state index contributed by atoms with van der Waals surface area (Å²) < 4.78 is 4.97. The van der Waals surface area contributed by atoms with Gasteiger partial charge >= 0.3 is 0 Å². The van der Waals surface area contributed by atoms with E-state index in [4.69, 9.17) is 15.0 Å². The molecule has 10 aromatic carbocycles. The SMILES string of the molecule is C1=C[C@@H](c2cc(-c3nc(-c4ccccc4)nc(-c4ccccc4)n3)cc(-c3ccc(-c4ccccc4)cc3)c2-n2c3ccccc3c3c4c5ccccc5n(-c5ccccc5)c4ccc32)CC=C1c1ccccc1. The van der Waals surface area contributed by atoms with E-state index in [1.807, 2.05) is 36.4 Å². The molecule has 3 heterocycles. The van der Waals surface area contributed by atoms with Gasteiger partial charge in [-0.05, 0) is 88.3 Å². The average molecular weight is 946 g/mol. The van der Waals surface area contributed by atoms with Crippen LogP contribution in [-0.2, 0) is 0 Å². The first-order chi connectivity index (χ1) is 36.7. The van der Waals surface area contributed by atoms with Crippen LogP contribution in [0.3, 0.4) is 0 Å². The minimum absolute atomic E-state index is 0.00344. The summed E-state index contributed by atoms with van der Waals surface area (Å²) in [5, 5.41) is 4.89. The lowest BCUT2D eigenvalue weighted by Gasteiger charge is -2.25. The Labute approximate surface area is 429 Å². The number of nitrogens with zero attached hydrogens (tertiary/aromatic N) is 5. The van der Waals surface area contributed by atoms with Crippen LogP contribution >= 0.6 is 0 Å². The summed E-state index contributed by atoms with van der Waals surface area (Å²) in [6.45, 7) is 0. The van der Waals surface area contributed by atoms with Crippen LogP contribution in [0.25, 0.3) is 117 Å². The van der Waals surface area contributed by atoms with Crippen molar-refractivity contribution in [3.63, 3.8) is 0 Å². The Bertz CT molecular complexity index is 4230. The van der Waals surface area contributed by atoms with Crippen LogP contribution in [0, 0.1) is 0 Å². The maximum atomic E-state index is 5.35. The fraction of sp³-hybridized carbons (Fsp3) is 0.0290. The van der Waals surface area contributed by atoms with Crippen molar-refractivity contribution >= 4 is 49.2 Å². The first-order valence-electron chi connectivity index (χ1n) is 25.4. The van der Waals surface area contributed by atoms with Crippen LogP contribution in [0.4, 0.5) is 0 Å². The maximum absolute atomic E-state index is 5.35. The quantitative estimate of drug-likeness (QED) is 0.145. The number of para-hydroxylation sites is 3. The molecule has 1 atom stereocenters. The molecule has 1 aliphatic rings. The average Bonchev–Trinajstić information content (AvgIpc) is 4.01. The maximum Gasteiger partial charge on any atom is 0.164 e. The van der Waals surface area contributed by atoms with Crippen molar-refractivity contribution in [3.05, 3.63) is 278 Å². The Kier molecular flexibility index (Phi) is 10.6. The summed E-state index contributed by atoms with van der Waals surface area (Å²) in [7, 11) is 0. The number of fused-ring (bicyclic) bond motifs is 7. The molecule has 0 fully saturated rings. The smallest absolute Gasteiger partial charge is 0.164 e. The normalized spacial score (nSPS) is 13.5. The van der Waals surface area contributed by atoms with Crippen molar-refractivity contribution in [3.8, 4) is 67.8 Å².